The molecule has 1 N–H and O–H groups in total. The molecule has 0 saturated carbocycles. The van der Waals surface area contributed by atoms with Crippen molar-refractivity contribution < 1.29 is 14.3 Å². The van der Waals surface area contributed by atoms with Crippen molar-refractivity contribution in [2.45, 2.75) is 13.8 Å². The zero-order chi connectivity index (χ0) is 21.0. The highest BCUT2D eigenvalue weighted by molar-refractivity contribution is 6.30. The SMILES string of the molecule is COc1ccc(C(=O)N/N=C\c2cc(C)n(-c3cccc(Cl)c3)c2C)c(OC)c1. The fourth-order valence-electron chi connectivity index (χ4n) is 3.14. The highest BCUT2D eigenvalue weighted by atomic mass is 35.5. The Morgan fingerprint density at radius 1 is 1.10 bits per heavy atom. The van der Waals surface area contributed by atoms with Crippen LogP contribution in [0.3, 0.4) is 0 Å². The number of carbonyl (C=O) groups is 1. The third kappa shape index (κ3) is 4.43. The number of benzene rings is 2. The molecule has 0 bridgehead atoms. The molecule has 150 valence electrons. The van der Waals surface area contributed by atoms with Gasteiger partial charge in [0.2, 0.25) is 0 Å². The summed E-state index contributed by atoms with van der Waals surface area (Å²) in [5.74, 6) is 0.649. The molecular weight excluding hydrogens is 390 g/mol. The number of amides is 1. The lowest BCUT2D eigenvalue weighted by atomic mass is 10.2. The number of nitrogens with zero attached hydrogens (tertiary/aromatic N) is 2. The largest absolute Gasteiger partial charge is 0.497 e. The number of aryl methyl sites for hydroxylation is 1. The molecule has 1 amide bonds. The van der Waals surface area contributed by atoms with Crippen LogP contribution >= 0.6 is 11.6 Å². The molecule has 0 aliphatic heterocycles. The van der Waals surface area contributed by atoms with Gasteiger partial charge in [0, 0.05) is 33.7 Å². The summed E-state index contributed by atoms with van der Waals surface area (Å²) in [5, 5.41) is 4.78. The second-order valence-electron chi connectivity index (χ2n) is 6.41. The number of hydrogen-bond donors (Lipinski definition) is 1. The molecule has 2 aromatic carbocycles. The smallest absolute Gasteiger partial charge is 0.275 e. The Morgan fingerprint density at radius 3 is 2.59 bits per heavy atom. The summed E-state index contributed by atoms with van der Waals surface area (Å²) >= 11 is 6.12. The number of methoxy groups -OCH3 is 2. The van der Waals surface area contributed by atoms with Gasteiger partial charge in [0.25, 0.3) is 5.91 Å². The maximum absolute atomic E-state index is 12.5. The molecule has 0 atom stereocenters. The highest BCUT2D eigenvalue weighted by Crippen LogP contribution is 2.25. The van der Waals surface area contributed by atoms with Crippen molar-refractivity contribution in [2.24, 2.45) is 5.10 Å². The van der Waals surface area contributed by atoms with Crippen LogP contribution in [-0.2, 0) is 0 Å². The zero-order valence-electron chi connectivity index (χ0n) is 16.7. The van der Waals surface area contributed by atoms with Gasteiger partial charge in [-0.3, -0.25) is 4.79 Å². The average Bonchev–Trinajstić information content (AvgIpc) is 3.00. The zero-order valence-corrected chi connectivity index (χ0v) is 17.4. The van der Waals surface area contributed by atoms with Crippen LogP contribution in [0.1, 0.15) is 27.3 Å². The summed E-state index contributed by atoms with van der Waals surface area (Å²) in [7, 11) is 3.05. The molecule has 0 spiro atoms. The number of nitrogens with one attached hydrogen (secondary N) is 1. The third-order valence-corrected chi connectivity index (χ3v) is 4.79. The lowest BCUT2D eigenvalue weighted by Gasteiger charge is -2.10. The molecule has 0 unspecified atom stereocenters. The van der Waals surface area contributed by atoms with Gasteiger partial charge in [-0.15, -0.1) is 0 Å². The number of hydrogen-bond acceptors (Lipinski definition) is 4. The van der Waals surface area contributed by atoms with E-state index in [9.17, 15) is 4.79 Å². The van der Waals surface area contributed by atoms with Crippen molar-refractivity contribution in [3.05, 3.63) is 76.1 Å². The van der Waals surface area contributed by atoms with E-state index in [1.807, 2.05) is 44.2 Å². The van der Waals surface area contributed by atoms with E-state index < -0.39 is 0 Å². The number of ether oxygens (including phenoxy) is 2. The molecule has 1 heterocycles. The minimum Gasteiger partial charge on any atom is -0.497 e. The monoisotopic (exact) mass is 411 g/mol. The van der Waals surface area contributed by atoms with Crippen LogP contribution in [0.4, 0.5) is 0 Å². The highest BCUT2D eigenvalue weighted by Gasteiger charge is 2.13. The van der Waals surface area contributed by atoms with E-state index in [1.54, 1.807) is 31.5 Å². The molecule has 0 aliphatic carbocycles. The molecule has 0 fully saturated rings. The van der Waals surface area contributed by atoms with Crippen molar-refractivity contribution in [1.82, 2.24) is 9.99 Å². The first-order valence-corrected chi connectivity index (χ1v) is 9.32. The van der Waals surface area contributed by atoms with Gasteiger partial charge in [-0.2, -0.15) is 5.10 Å². The van der Waals surface area contributed by atoms with Crippen LogP contribution in [0.5, 0.6) is 11.5 Å². The van der Waals surface area contributed by atoms with E-state index in [-0.39, 0.29) is 5.91 Å². The fourth-order valence-corrected chi connectivity index (χ4v) is 3.32. The first-order chi connectivity index (χ1) is 13.9. The predicted molar refractivity (Wildman–Crippen MR) is 115 cm³/mol. The number of halogens is 1. The summed E-state index contributed by atoms with van der Waals surface area (Å²) in [5.41, 5.74) is 6.81. The van der Waals surface area contributed by atoms with Crippen molar-refractivity contribution in [1.29, 1.82) is 0 Å². The van der Waals surface area contributed by atoms with Gasteiger partial charge < -0.3 is 14.0 Å². The van der Waals surface area contributed by atoms with Crippen molar-refractivity contribution in [2.75, 3.05) is 14.2 Å². The van der Waals surface area contributed by atoms with Gasteiger partial charge >= 0.3 is 0 Å². The van der Waals surface area contributed by atoms with Gasteiger partial charge in [-0.25, -0.2) is 5.43 Å². The fraction of sp³-hybridized carbons (Fsp3) is 0.182. The van der Waals surface area contributed by atoms with Crippen molar-refractivity contribution in [3.63, 3.8) is 0 Å². The minimum absolute atomic E-state index is 0.370. The van der Waals surface area contributed by atoms with Crippen LogP contribution in [0.2, 0.25) is 5.02 Å². The number of carbonyl (C=O) groups excluding carboxylic acids is 1. The molecule has 7 heteroatoms. The van der Waals surface area contributed by atoms with Crippen LogP contribution in [0.15, 0.2) is 53.6 Å². The Labute approximate surface area is 174 Å². The van der Waals surface area contributed by atoms with E-state index in [1.165, 1.54) is 7.11 Å². The lowest BCUT2D eigenvalue weighted by molar-refractivity contribution is 0.0952. The summed E-state index contributed by atoms with van der Waals surface area (Å²) in [6.45, 7) is 4.00. The Balaban J connectivity index is 1.79. The van der Waals surface area contributed by atoms with Crippen molar-refractivity contribution in [3.8, 4) is 17.2 Å². The van der Waals surface area contributed by atoms with Crippen LogP contribution < -0.4 is 14.9 Å². The summed E-state index contributed by atoms with van der Waals surface area (Å²) in [6, 6.07) is 14.6. The van der Waals surface area contributed by atoms with E-state index >= 15 is 0 Å². The topological polar surface area (TPSA) is 64.8 Å². The Kier molecular flexibility index (Phi) is 6.24. The maximum Gasteiger partial charge on any atom is 0.275 e. The molecule has 0 radical (unpaired) electrons. The predicted octanol–water partition coefficient (Wildman–Crippen LogP) is 4.53. The average molecular weight is 412 g/mol. The number of hydrazone groups is 1. The Bertz CT molecular complexity index is 1070. The maximum atomic E-state index is 12.5. The van der Waals surface area contributed by atoms with Crippen LogP contribution in [0, 0.1) is 13.8 Å². The van der Waals surface area contributed by atoms with Gasteiger partial charge in [-0.1, -0.05) is 17.7 Å². The Hall–Kier alpha value is -3.25. The quantitative estimate of drug-likeness (QED) is 0.478. The summed E-state index contributed by atoms with van der Waals surface area (Å²) in [6.07, 6.45) is 1.62. The van der Waals surface area contributed by atoms with Gasteiger partial charge in [0.1, 0.15) is 11.5 Å². The molecular formula is C22H22ClN3O3. The van der Waals surface area contributed by atoms with Crippen molar-refractivity contribution >= 4 is 23.7 Å². The Morgan fingerprint density at radius 2 is 1.90 bits per heavy atom. The van der Waals surface area contributed by atoms with Crippen LogP contribution in [-0.4, -0.2) is 30.9 Å². The van der Waals surface area contributed by atoms with E-state index in [4.69, 9.17) is 21.1 Å². The molecule has 29 heavy (non-hydrogen) atoms. The standard InChI is InChI=1S/C22H22ClN3O3/c1-14-10-16(15(2)26(14)18-7-5-6-17(23)11-18)13-24-25-22(27)20-9-8-19(28-3)12-21(20)29-4/h5-13H,1-4H3,(H,25,27)/b24-13-. The first-order valence-electron chi connectivity index (χ1n) is 8.95. The second-order valence-corrected chi connectivity index (χ2v) is 6.84. The molecule has 0 saturated heterocycles. The van der Waals surface area contributed by atoms with E-state index in [0.29, 0.717) is 22.1 Å². The van der Waals surface area contributed by atoms with E-state index in [0.717, 1.165) is 22.6 Å². The third-order valence-electron chi connectivity index (χ3n) is 4.56. The summed E-state index contributed by atoms with van der Waals surface area (Å²) < 4.78 is 12.5. The molecule has 3 rings (SSSR count). The van der Waals surface area contributed by atoms with E-state index in [2.05, 4.69) is 15.1 Å². The lowest BCUT2D eigenvalue weighted by Crippen LogP contribution is -2.18. The summed E-state index contributed by atoms with van der Waals surface area (Å²) in [4.78, 5) is 12.5. The molecule has 1 aromatic heterocycles. The molecule has 6 nitrogen and oxygen atoms in total. The van der Waals surface area contributed by atoms with Gasteiger partial charge in [0.05, 0.1) is 26.0 Å². The minimum atomic E-state index is -0.371. The normalized spacial score (nSPS) is 10.9. The first kappa shape index (κ1) is 20.5. The van der Waals surface area contributed by atoms with Crippen LogP contribution in [0.25, 0.3) is 5.69 Å². The number of aromatic nitrogens is 1. The van der Waals surface area contributed by atoms with Gasteiger partial charge in [-0.05, 0) is 50.2 Å². The second kappa shape index (κ2) is 8.84. The number of rotatable bonds is 6. The molecule has 0 aliphatic rings. The van der Waals surface area contributed by atoms with Gasteiger partial charge in [0.15, 0.2) is 0 Å². The molecule has 3 aromatic rings.